The van der Waals surface area contributed by atoms with E-state index in [9.17, 15) is 10.1 Å². The first-order chi connectivity index (χ1) is 12.2. The molecule has 0 heterocycles. The Balaban J connectivity index is 2.95. The van der Waals surface area contributed by atoms with Gasteiger partial charge in [0.05, 0.1) is 12.1 Å². The van der Waals surface area contributed by atoms with E-state index >= 15 is 0 Å². The molecule has 5 nitrogen and oxygen atoms in total. The number of alkyl carbamates (subject to hydrolysis) is 1. The number of carbonyl (C=O) groups excluding carboxylic acids is 1. The van der Waals surface area contributed by atoms with Crippen LogP contribution in [0.25, 0.3) is 0 Å². The van der Waals surface area contributed by atoms with Crippen molar-refractivity contribution in [3.05, 3.63) is 0 Å². The van der Waals surface area contributed by atoms with E-state index in [0.29, 0.717) is 5.92 Å². The number of carbonyl (C=O) groups is 1. The highest BCUT2D eigenvalue weighted by Crippen LogP contribution is 2.38. The Kier molecular flexibility index (Phi) is 8.37. The van der Waals surface area contributed by atoms with Crippen molar-refractivity contribution in [3.63, 3.8) is 0 Å². The molecule has 2 atom stereocenters. The zero-order valence-corrected chi connectivity index (χ0v) is 19.6. The van der Waals surface area contributed by atoms with Gasteiger partial charge in [-0.3, -0.25) is 0 Å². The minimum atomic E-state index is -2.13. The topological polar surface area (TPSA) is 71.3 Å². The van der Waals surface area contributed by atoms with Gasteiger partial charge in [0.2, 0.25) is 0 Å². The van der Waals surface area contributed by atoms with E-state index in [4.69, 9.17) is 9.16 Å². The van der Waals surface area contributed by atoms with Gasteiger partial charge in [0.1, 0.15) is 5.60 Å². The molecular formula is C21H40N2O3Si. The predicted octanol–water partition coefficient (Wildman–Crippen LogP) is 5.76. The Morgan fingerprint density at radius 3 is 2.15 bits per heavy atom. The predicted molar refractivity (Wildman–Crippen MR) is 112 cm³/mol. The molecule has 1 aliphatic carbocycles. The second-order valence-corrected chi connectivity index (χ2v) is 15.2. The molecule has 0 spiro atoms. The van der Waals surface area contributed by atoms with Gasteiger partial charge in [0, 0.05) is 0 Å². The highest BCUT2D eigenvalue weighted by Gasteiger charge is 2.42. The highest BCUT2D eigenvalue weighted by atomic mass is 28.4. The number of rotatable bonds is 6. The van der Waals surface area contributed by atoms with Crippen molar-refractivity contribution < 1.29 is 14.0 Å². The summed E-state index contributed by atoms with van der Waals surface area (Å²) in [4.78, 5) is 12.4. The van der Waals surface area contributed by atoms with E-state index in [1.807, 2.05) is 20.8 Å². The molecule has 1 aliphatic rings. The number of nitriles is 1. The van der Waals surface area contributed by atoms with Gasteiger partial charge < -0.3 is 14.5 Å². The van der Waals surface area contributed by atoms with E-state index in [-0.39, 0.29) is 11.1 Å². The minimum absolute atomic E-state index is 0.00338. The van der Waals surface area contributed by atoms with Crippen molar-refractivity contribution in [3.8, 4) is 6.07 Å². The first-order valence-corrected chi connectivity index (χ1v) is 13.2. The maximum atomic E-state index is 12.4. The molecule has 0 radical (unpaired) electrons. The van der Waals surface area contributed by atoms with Crippen LogP contribution in [0.4, 0.5) is 4.79 Å². The van der Waals surface area contributed by atoms with E-state index in [2.05, 4.69) is 45.3 Å². The van der Waals surface area contributed by atoms with Crippen LogP contribution in [-0.4, -0.2) is 32.2 Å². The normalized spacial score (nSPS) is 19.1. The summed E-state index contributed by atoms with van der Waals surface area (Å²) in [7, 11) is -2.13. The summed E-state index contributed by atoms with van der Waals surface area (Å²) >= 11 is 0. The molecule has 1 N–H and O–H groups in total. The molecule has 1 amide bonds. The quantitative estimate of drug-likeness (QED) is 0.579. The zero-order valence-electron chi connectivity index (χ0n) is 18.6. The van der Waals surface area contributed by atoms with E-state index in [0.717, 1.165) is 19.3 Å². The summed E-state index contributed by atoms with van der Waals surface area (Å²) in [6.07, 6.45) is 5.70. The van der Waals surface area contributed by atoms with Crippen molar-refractivity contribution >= 4 is 14.4 Å². The number of nitrogens with zero attached hydrogens (tertiary/aromatic N) is 1. The van der Waals surface area contributed by atoms with Gasteiger partial charge in [0.15, 0.2) is 14.4 Å². The molecule has 0 aromatic carbocycles. The lowest BCUT2D eigenvalue weighted by atomic mass is 9.84. The average Bonchev–Trinajstić information content (AvgIpc) is 2.50. The molecule has 1 fully saturated rings. The summed E-state index contributed by atoms with van der Waals surface area (Å²) in [6.45, 7) is 16.3. The third-order valence-corrected chi connectivity index (χ3v) is 10.2. The molecule has 0 aliphatic heterocycles. The maximum absolute atomic E-state index is 12.4. The van der Waals surface area contributed by atoms with Crippen molar-refractivity contribution in [2.24, 2.45) is 5.92 Å². The fourth-order valence-corrected chi connectivity index (χ4v) is 4.40. The summed E-state index contributed by atoms with van der Waals surface area (Å²) in [5.41, 5.74) is -0.568. The smallest absolute Gasteiger partial charge is 0.407 e. The maximum Gasteiger partial charge on any atom is 0.407 e. The van der Waals surface area contributed by atoms with Gasteiger partial charge in [-0.25, -0.2) is 4.79 Å². The summed E-state index contributed by atoms with van der Waals surface area (Å²) in [5.74, 6) is 0.526. The van der Waals surface area contributed by atoms with Gasteiger partial charge in [-0.15, -0.1) is 0 Å². The van der Waals surface area contributed by atoms with Crippen LogP contribution in [0.5, 0.6) is 0 Å². The molecular weight excluding hydrogens is 356 g/mol. The van der Waals surface area contributed by atoms with Crippen molar-refractivity contribution in [1.82, 2.24) is 5.32 Å². The first kappa shape index (κ1) is 24.0. The molecule has 1 rings (SSSR count). The van der Waals surface area contributed by atoms with Crippen molar-refractivity contribution in [2.75, 3.05) is 0 Å². The van der Waals surface area contributed by atoms with E-state index in [1.54, 1.807) is 0 Å². The van der Waals surface area contributed by atoms with Crippen LogP contribution in [0.2, 0.25) is 18.1 Å². The molecule has 0 aromatic heterocycles. The van der Waals surface area contributed by atoms with E-state index in [1.165, 1.54) is 19.3 Å². The molecule has 6 heteroatoms. The first-order valence-electron chi connectivity index (χ1n) is 10.3. The Morgan fingerprint density at radius 2 is 1.70 bits per heavy atom. The number of hydrogen-bond donors (Lipinski definition) is 1. The van der Waals surface area contributed by atoms with Gasteiger partial charge in [-0.2, -0.15) is 5.26 Å². The van der Waals surface area contributed by atoms with Crippen molar-refractivity contribution in [1.29, 1.82) is 5.26 Å². The van der Waals surface area contributed by atoms with Crippen LogP contribution >= 0.6 is 0 Å². The van der Waals surface area contributed by atoms with Gasteiger partial charge >= 0.3 is 6.09 Å². The van der Waals surface area contributed by atoms with Crippen LogP contribution in [0.1, 0.15) is 80.1 Å². The molecule has 0 bridgehead atoms. The van der Waals surface area contributed by atoms with Gasteiger partial charge in [0.25, 0.3) is 0 Å². The van der Waals surface area contributed by atoms with Crippen LogP contribution in [0, 0.1) is 17.2 Å². The summed E-state index contributed by atoms with van der Waals surface area (Å²) in [6, 6.07) is 1.99. The van der Waals surface area contributed by atoms with Crippen LogP contribution in [0.3, 0.4) is 0 Å². The monoisotopic (exact) mass is 396 g/mol. The lowest BCUT2D eigenvalue weighted by Crippen LogP contribution is -2.52. The lowest BCUT2D eigenvalue weighted by Gasteiger charge is -2.40. The molecule has 0 saturated heterocycles. The SMILES string of the molecule is CC(C)(C)OC(=O)N[C@@H](CC1CCCCC1)[C@@H](C#N)O[Si](C)(C)C(C)(C)C. The van der Waals surface area contributed by atoms with Gasteiger partial charge in [-0.05, 0) is 51.2 Å². The molecule has 0 unspecified atom stereocenters. The van der Waals surface area contributed by atoms with Crippen LogP contribution in [0.15, 0.2) is 0 Å². The third kappa shape index (κ3) is 8.23. The number of ether oxygens (including phenoxy) is 1. The van der Waals surface area contributed by atoms with E-state index < -0.39 is 26.1 Å². The fraction of sp³-hybridized carbons (Fsp3) is 0.905. The largest absolute Gasteiger partial charge is 0.444 e. The Morgan fingerprint density at radius 1 is 1.15 bits per heavy atom. The Bertz CT molecular complexity index is 523. The second-order valence-electron chi connectivity index (χ2n) is 10.4. The molecule has 27 heavy (non-hydrogen) atoms. The Labute approximate surface area is 167 Å². The molecule has 1 saturated carbocycles. The Hall–Kier alpha value is -1.06. The number of hydrogen-bond acceptors (Lipinski definition) is 4. The summed E-state index contributed by atoms with van der Waals surface area (Å²) in [5, 5.41) is 12.8. The van der Waals surface area contributed by atoms with Crippen molar-refractivity contribution in [2.45, 2.75) is 116 Å². The van der Waals surface area contributed by atoms with Gasteiger partial charge in [-0.1, -0.05) is 52.9 Å². The fourth-order valence-electron chi connectivity index (χ4n) is 3.19. The van der Waals surface area contributed by atoms with Crippen LogP contribution < -0.4 is 5.32 Å². The standard InChI is InChI=1S/C21H40N2O3Si/c1-20(2,3)25-19(24)23-17(14-16-12-10-9-11-13-16)18(15-22)26-27(7,8)21(4,5)6/h16-18H,9-14H2,1-8H3,(H,23,24)/t17-,18+/m0/s1. The zero-order chi connectivity index (χ0) is 20.9. The third-order valence-electron chi connectivity index (χ3n) is 5.73. The average molecular weight is 397 g/mol. The summed E-state index contributed by atoms with van der Waals surface area (Å²) < 4.78 is 11.8. The highest BCUT2D eigenvalue weighted by molar-refractivity contribution is 6.74. The van der Waals surface area contributed by atoms with Crippen LogP contribution in [-0.2, 0) is 9.16 Å². The lowest BCUT2D eigenvalue weighted by molar-refractivity contribution is 0.0445. The molecule has 156 valence electrons. The molecule has 0 aromatic rings. The number of nitrogens with one attached hydrogen (secondary N) is 1. The minimum Gasteiger partial charge on any atom is -0.444 e. The second kappa shape index (κ2) is 9.42. The number of amides is 1.